The highest BCUT2D eigenvalue weighted by Crippen LogP contribution is 2.51. The fraction of sp³-hybridized carbons (Fsp3) is 0.489. The molecule has 0 radical (unpaired) electrons. The summed E-state index contributed by atoms with van der Waals surface area (Å²) in [6, 6.07) is 10.3. The molecule has 1 aliphatic carbocycles. The third kappa shape index (κ3) is 11.8. The van der Waals surface area contributed by atoms with Gasteiger partial charge in [0.05, 0.1) is 51.3 Å². The van der Waals surface area contributed by atoms with Crippen molar-refractivity contribution >= 4 is 31.5 Å². The lowest BCUT2D eigenvalue weighted by Gasteiger charge is -2.39. The van der Waals surface area contributed by atoms with Gasteiger partial charge >= 0.3 is 0 Å². The van der Waals surface area contributed by atoms with E-state index in [1.165, 1.54) is 0 Å². The number of hydrogen-bond donors (Lipinski definition) is 1. The highest BCUT2D eigenvalue weighted by molar-refractivity contribution is 7.44. The molecule has 0 spiro atoms. The van der Waals surface area contributed by atoms with Crippen molar-refractivity contribution in [3.05, 3.63) is 107 Å². The molecule has 0 saturated carbocycles. The molecular weight excluding hydrogens is 796 g/mol. The Balaban J connectivity index is 1.61. The number of aromatic amines is 1. The summed E-state index contributed by atoms with van der Waals surface area (Å²) in [7, 11) is 5.42. The lowest BCUT2D eigenvalue weighted by atomic mass is 9.80. The van der Waals surface area contributed by atoms with E-state index in [0.29, 0.717) is 30.7 Å². The minimum atomic E-state index is -1.66. The molecule has 3 aromatic rings. The summed E-state index contributed by atoms with van der Waals surface area (Å²) in [6.45, 7) is 14.3. The van der Waals surface area contributed by atoms with E-state index in [2.05, 4.69) is 84.3 Å². The van der Waals surface area contributed by atoms with Gasteiger partial charge in [0.15, 0.2) is 11.2 Å². The number of allylic oxidation sites excluding steroid dienone is 4. The largest absolute Gasteiger partial charge is 0.497 e. The molecule has 1 saturated heterocycles. The summed E-state index contributed by atoms with van der Waals surface area (Å²) < 4.78 is 42.9. The van der Waals surface area contributed by atoms with Crippen LogP contribution in [0.4, 0.5) is 5.95 Å². The van der Waals surface area contributed by atoms with Gasteiger partial charge in [0.25, 0.3) is 14.1 Å². The van der Waals surface area contributed by atoms with Crippen molar-refractivity contribution in [2.45, 2.75) is 103 Å². The molecule has 1 N–H and O–H groups in total. The Hall–Kier alpha value is -4.78. The summed E-state index contributed by atoms with van der Waals surface area (Å²) in [6.07, 6.45) is 17.3. The molecule has 328 valence electrons. The molecule has 15 nitrogen and oxygen atoms in total. The van der Waals surface area contributed by atoms with E-state index >= 15 is 0 Å². The van der Waals surface area contributed by atoms with Crippen molar-refractivity contribution in [1.82, 2.24) is 29.1 Å². The molecule has 6 atom stereocenters. The maximum atomic E-state index is 13.3. The molecule has 2 unspecified atom stereocenters. The van der Waals surface area contributed by atoms with Crippen molar-refractivity contribution in [2.75, 3.05) is 41.5 Å². The molecule has 16 heteroatoms. The van der Waals surface area contributed by atoms with Crippen LogP contribution in [0, 0.1) is 11.3 Å². The van der Waals surface area contributed by atoms with E-state index in [9.17, 15) is 10.1 Å². The molecular formula is C45H61N8O7P. The Morgan fingerprint density at radius 3 is 2.56 bits per heavy atom. The number of ether oxygens (including phenoxy) is 4. The van der Waals surface area contributed by atoms with Crippen LogP contribution < -0.4 is 10.3 Å². The average molecular weight is 857 g/mol. The number of nitrogens with one attached hydrogen (secondary N) is 1. The number of imidazole rings is 1. The second-order valence-corrected chi connectivity index (χ2v) is 16.9. The third-order valence-electron chi connectivity index (χ3n) is 10.5. The van der Waals surface area contributed by atoms with Gasteiger partial charge in [0.1, 0.15) is 29.5 Å². The zero-order valence-electron chi connectivity index (χ0n) is 36.9. The highest BCUT2D eigenvalue weighted by Gasteiger charge is 2.45. The van der Waals surface area contributed by atoms with Gasteiger partial charge < -0.3 is 32.9 Å². The Morgan fingerprint density at radius 2 is 1.93 bits per heavy atom. The van der Waals surface area contributed by atoms with Gasteiger partial charge in [0, 0.05) is 46.1 Å². The molecule has 2 aliphatic rings. The van der Waals surface area contributed by atoms with E-state index in [1.54, 1.807) is 31.2 Å². The van der Waals surface area contributed by atoms with Crippen LogP contribution in [0.25, 0.3) is 11.2 Å². The molecule has 1 aliphatic heterocycles. The zero-order valence-corrected chi connectivity index (χ0v) is 37.7. The Bertz CT molecular complexity index is 2160. The van der Waals surface area contributed by atoms with Crippen molar-refractivity contribution in [3.8, 4) is 11.8 Å². The minimum absolute atomic E-state index is 0.0610. The molecule has 1 fully saturated rings. The van der Waals surface area contributed by atoms with Crippen LogP contribution >= 0.6 is 8.53 Å². The number of H-pyrrole nitrogens is 1. The molecule has 1 aromatic carbocycles. The number of aliphatic imine (C=N–C) groups is 1. The number of rotatable bonds is 21. The first-order valence-corrected chi connectivity index (χ1v) is 21.7. The van der Waals surface area contributed by atoms with Crippen LogP contribution in [-0.4, -0.2) is 107 Å². The number of benzene rings is 1. The van der Waals surface area contributed by atoms with Crippen molar-refractivity contribution in [2.24, 2.45) is 4.99 Å². The second-order valence-electron chi connectivity index (χ2n) is 15.5. The Kier molecular flexibility index (Phi) is 17.3. The first-order chi connectivity index (χ1) is 29.3. The summed E-state index contributed by atoms with van der Waals surface area (Å²) in [5.74, 6) is 1.54. The van der Waals surface area contributed by atoms with Crippen molar-refractivity contribution in [3.63, 3.8) is 0 Å². The van der Waals surface area contributed by atoms with Gasteiger partial charge in [-0.25, -0.2) is 14.6 Å². The number of fused-ring (bicyclic) bond motifs is 1. The number of nitriles is 1. The maximum absolute atomic E-state index is 13.3. The van der Waals surface area contributed by atoms with Gasteiger partial charge in [-0.05, 0) is 64.3 Å². The number of hydrogen-bond acceptors (Lipinski definition) is 12. The van der Waals surface area contributed by atoms with Crippen LogP contribution in [0.2, 0.25) is 0 Å². The summed E-state index contributed by atoms with van der Waals surface area (Å²) in [5, 5.41) is 9.41. The number of amidine groups is 1. The molecule has 0 amide bonds. The fourth-order valence-corrected chi connectivity index (χ4v) is 8.97. The van der Waals surface area contributed by atoms with E-state index in [4.69, 9.17) is 33.0 Å². The van der Waals surface area contributed by atoms with E-state index in [-0.39, 0.29) is 49.3 Å². The SMILES string of the molecule is C=C/C=C\C=C/CC(OC[C@H]1O[C@@H](n2cnc3c(=O)[nH]c(N=C(C)N(C)C)nc32)C[C@H]1OP(OCCC#N)N(C(C)C)C(C)C)(C1=CC[C@H](OC)C=C1)c1ccc(OC)cc1. The third-order valence-corrected chi connectivity index (χ3v) is 12.6. The van der Waals surface area contributed by atoms with Crippen LogP contribution in [0.5, 0.6) is 5.75 Å². The molecule has 3 heterocycles. The van der Waals surface area contributed by atoms with Gasteiger partial charge in [-0.3, -0.25) is 14.3 Å². The van der Waals surface area contributed by atoms with Crippen LogP contribution in [0.1, 0.15) is 72.1 Å². The predicted molar refractivity (Wildman–Crippen MR) is 240 cm³/mol. The lowest BCUT2D eigenvalue weighted by Crippen LogP contribution is -2.39. The molecule has 5 rings (SSSR count). The van der Waals surface area contributed by atoms with Gasteiger partial charge in [-0.15, -0.1) is 0 Å². The van der Waals surface area contributed by atoms with Gasteiger partial charge in [-0.2, -0.15) is 10.2 Å². The number of nitrogens with zero attached hydrogens (tertiary/aromatic N) is 7. The summed E-state index contributed by atoms with van der Waals surface area (Å²) in [5.41, 5.74) is 0.985. The fourth-order valence-electron chi connectivity index (χ4n) is 7.22. The monoisotopic (exact) mass is 856 g/mol. The van der Waals surface area contributed by atoms with E-state index in [1.807, 2.05) is 68.4 Å². The van der Waals surface area contributed by atoms with Crippen LogP contribution in [0.15, 0.2) is 101 Å². The highest BCUT2D eigenvalue weighted by atomic mass is 31.2. The maximum Gasteiger partial charge on any atom is 0.280 e. The van der Waals surface area contributed by atoms with Crippen molar-refractivity contribution < 1.29 is 28.0 Å². The normalized spacial score (nSPS) is 21.2. The Labute approximate surface area is 361 Å². The second kappa shape index (κ2) is 22.4. The smallest absolute Gasteiger partial charge is 0.280 e. The minimum Gasteiger partial charge on any atom is -0.497 e. The zero-order chi connectivity index (χ0) is 44.1. The van der Waals surface area contributed by atoms with E-state index < -0.39 is 38.1 Å². The molecule has 0 bridgehead atoms. The predicted octanol–water partition coefficient (Wildman–Crippen LogP) is 8.19. The van der Waals surface area contributed by atoms with Crippen LogP contribution in [-0.2, 0) is 28.9 Å². The molecule has 2 aromatic heterocycles. The standard InChI is InChI=1S/C45H61N8O7P/c1-11-12-13-14-15-25-45(34-17-21-36(55-9)22-18-34,35-19-23-37(56-10)24-20-35)57-29-39-38(60-61(58-27-16-26-46)53(31(2)3)32(4)5)28-40(59-39)52-30-47-41-42(52)49-44(50-43(41)54)48-33(6)51(7)8/h11-15,17-23,30-32,37-40H,1,16,24-25,27-29H2,2-10H3,(H,49,50,54)/b13-12-,15-14-,48-33?/t37-,38-,39-,40-,45?,61?/m1/s1. The van der Waals surface area contributed by atoms with Crippen LogP contribution in [0.3, 0.4) is 0 Å². The topological polar surface area (TPSA) is 162 Å². The Morgan fingerprint density at radius 1 is 1.18 bits per heavy atom. The summed E-state index contributed by atoms with van der Waals surface area (Å²) >= 11 is 0. The quantitative estimate of drug-likeness (QED) is 0.0360. The van der Waals surface area contributed by atoms with Gasteiger partial charge in [-0.1, -0.05) is 67.3 Å². The molecule has 61 heavy (non-hydrogen) atoms. The lowest BCUT2D eigenvalue weighted by molar-refractivity contribution is -0.103. The first kappa shape index (κ1) is 47.3. The number of aromatic nitrogens is 4. The average Bonchev–Trinajstić information content (AvgIpc) is 3.86. The summed E-state index contributed by atoms with van der Waals surface area (Å²) in [4.78, 5) is 31.6. The first-order valence-electron chi connectivity index (χ1n) is 20.6. The van der Waals surface area contributed by atoms with Crippen molar-refractivity contribution in [1.29, 1.82) is 5.26 Å². The number of methoxy groups -OCH3 is 2. The van der Waals surface area contributed by atoms with E-state index in [0.717, 1.165) is 16.9 Å². The van der Waals surface area contributed by atoms with Gasteiger partial charge in [0.2, 0.25) is 5.95 Å².